The predicted octanol–water partition coefficient (Wildman–Crippen LogP) is 1.87. The Kier molecular flexibility index (Phi) is 26.1. The molecule has 14 rings (SSSR count). The molecule has 2 fully saturated rings. The Balaban J connectivity index is 0.984. The summed E-state index contributed by atoms with van der Waals surface area (Å²) in [5.74, 6) is -16.5. The molecule has 39 heteroatoms. The van der Waals surface area contributed by atoms with Gasteiger partial charge in [-0.1, -0.05) is 79.0 Å². The Labute approximate surface area is 672 Å². The van der Waals surface area contributed by atoms with Crippen molar-refractivity contribution in [1.82, 2.24) is 42.5 Å². The fourth-order valence-corrected chi connectivity index (χ4v) is 15.3. The Bertz CT molecular complexity index is 4870. The highest BCUT2D eigenvalue weighted by Gasteiger charge is 2.52. The third kappa shape index (κ3) is 18.4. The van der Waals surface area contributed by atoms with Crippen molar-refractivity contribution in [2.75, 3.05) is 20.2 Å². The average molecular weight is 1670 g/mol. The number of thiophene rings is 1. The fourth-order valence-electron chi connectivity index (χ4n) is 13.8. The molecule has 115 heavy (non-hydrogen) atoms. The first-order chi connectivity index (χ1) is 54.7. The van der Waals surface area contributed by atoms with Gasteiger partial charge in [0.05, 0.1) is 29.1 Å². The lowest BCUT2D eigenvalue weighted by molar-refractivity contribution is -0.350. The molecule has 1 aromatic heterocycles. The van der Waals surface area contributed by atoms with Crippen LogP contribution < -0.4 is 62.5 Å². The molecule has 2 saturated heterocycles. The van der Waals surface area contributed by atoms with Crippen LogP contribution in [-0.2, 0) is 59.1 Å². The summed E-state index contributed by atoms with van der Waals surface area (Å²) in [6, 6.07) is 7.93. The number of rotatable bonds is 18. The maximum absolute atomic E-state index is 16.1. The second-order valence-electron chi connectivity index (χ2n) is 28.3. The van der Waals surface area contributed by atoms with Gasteiger partial charge in [-0.3, -0.25) is 33.6 Å². The first kappa shape index (κ1) is 84.3. The van der Waals surface area contributed by atoms with E-state index in [4.69, 9.17) is 69.0 Å². The number of nitrogens with two attached hydrogens (primary N) is 1. The van der Waals surface area contributed by atoms with Gasteiger partial charge in [0, 0.05) is 45.7 Å². The predicted molar refractivity (Wildman–Crippen MR) is 405 cm³/mol. The first-order valence-corrected chi connectivity index (χ1v) is 37.8. The molecule has 0 radical (unpaired) electrons. The maximum Gasteiger partial charge on any atom is 0.330 e. The number of aliphatic hydroxyl groups is 8. The van der Waals surface area contributed by atoms with E-state index in [1.165, 1.54) is 24.5 Å². The number of likely N-dealkylation sites (N-methyl/N-ethyl adjacent to an activating group) is 1. The van der Waals surface area contributed by atoms with Gasteiger partial charge < -0.3 is 138 Å². The Morgan fingerprint density at radius 2 is 1.24 bits per heavy atom. The van der Waals surface area contributed by atoms with E-state index in [1.54, 1.807) is 26.0 Å². The van der Waals surface area contributed by atoms with Crippen LogP contribution in [0.15, 0.2) is 115 Å². The summed E-state index contributed by atoms with van der Waals surface area (Å²) in [5.41, 5.74) is 4.48. The van der Waals surface area contributed by atoms with Crippen molar-refractivity contribution in [1.29, 1.82) is 0 Å². The number of carbonyl (C=O) groups is 8. The van der Waals surface area contributed by atoms with E-state index < -0.39 is 255 Å². The number of amides is 7. The Hall–Kier alpha value is -10.1. The van der Waals surface area contributed by atoms with Gasteiger partial charge in [-0.2, -0.15) is 0 Å². The Morgan fingerprint density at radius 1 is 0.626 bits per heavy atom. The molecule has 9 unspecified atom stereocenters. The number of halogens is 3. The maximum atomic E-state index is 16.1. The molecule has 612 valence electrons. The van der Waals surface area contributed by atoms with Gasteiger partial charge in [-0.05, 0) is 131 Å². The highest BCUT2D eigenvalue weighted by atomic mass is 35.5. The molecule has 7 amide bonds. The number of phenolic OH excluding ortho intramolecular Hbond substituents is 3. The number of hydrogen-bond donors (Lipinski definition) is 21. The van der Waals surface area contributed by atoms with Crippen molar-refractivity contribution in [2.45, 2.75) is 149 Å². The van der Waals surface area contributed by atoms with E-state index in [0.29, 0.717) is 5.02 Å². The molecule has 7 aliphatic heterocycles. The molecule has 7 aromatic rings. The number of aliphatic carboxylic acids is 1. The molecule has 35 nitrogen and oxygen atoms in total. The van der Waals surface area contributed by atoms with Crippen molar-refractivity contribution in [2.24, 2.45) is 11.7 Å². The van der Waals surface area contributed by atoms with Crippen molar-refractivity contribution in [3.63, 3.8) is 0 Å². The molecule has 6 aromatic carbocycles. The zero-order valence-corrected chi connectivity index (χ0v) is 63.8. The summed E-state index contributed by atoms with van der Waals surface area (Å²) in [6.45, 7) is 2.61. The first-order valence-electron chi connectivity index (χ1n) is 35.8. The quantitative estimate of drug-likeness (QED) is 0.0583. The largest absolute Gasteiger partial charge is 0.508 e. The second-order valence-corrected chi connectivity index (χ2v) is 30.4. The number of carboxylic acids is 1. The van der Waals surface area contributed by atoms with Crippen LogP contribution in [0.1, 0.15) is 90.4 Å². The van der Waals surface area contributed by atoms with E-state index in [0.717, 1.165) is 88.8 Å². The lowest BCUT2D eigenvalue weighted by Gasteiger charge is -2.46. The number of ether oxygens (including phenoxy) is 6. The molecule has 19 atom stereocenters. The average Bonchev–Trinajstić information content (AvgIpc) is 1.39. The van der Waals surface area contributed by atoms with E-state index in [9.17, 15) is 85.3 Å². The van der Waals surface area contributed by atoms with Crippen LogP contribution in [0, 0.1) is 5.92 Å². The number of fused-ring (bicyclic) bond motifs is 15. The number of carboxylic acid groups (broad SMARTS) is 1. The number of carbonyl (C=O) groups excluding carboxylic acids is 7. The number of aliphatic hydroxyl groups excluding tert-OH is 8. The molecular weight excluding hydrogens is 1590 g/mol. The van der Waals surface area contributed by atoms with Gasteiger partial charge in [0.25, 0.3) is 0 Å². The zero-order valence-electron chi connectivity index (χ0n) is 60.8. The minimum Gasteiger partial charge on any atom is -0.508 e. The van der Waals surface area contributed by atoms with Crippen LogP contribution >= 0.6 is 46.1 Å². The van der Waals surface area contributed by atoms with Crippen molar-refractivity contribution in [3.05, 3.63) is 163 Å². The minimum absolute atomic E-state index is 0.116. The molecule has 8 heterocycles. The molecule has 11 bridgehead atoms. The lowest BCUT2D eigenvalue weighted by Crippen LogP contribution is -2.65. The molecule has 7 aliphatic rings. The SMILES string of the molecule is CN[C@H](CC(C)C)C(=O)NC1C(=O)NC(CC(N)=O)C(=O)NC2C(=O)N[C@H]3C(=O)N[C@H](C(=O)NC(C(=O)O)c4cc(O)cc(O)c4-c4cc3ccc4O)[C@H](O)c3ccc(c(Cl)c3)Oc3cc2cc(c3O[C@@H]2O[C@H](CO)C(O[C@@H]3O[C@H](CNCc4csc(-c5ccc(Cl)cc5)c4)[C@H](O)C(O)C3O)[C@H](O)C2O)Oc2ccc(cc2Cl)C1O. The van der Waals surface area contributed by atoms with Crippen LogP contribution in [0.3, 0.4) is 0 Å². The monoisotopic (exact) mass is 1670 g/mol. The van der Waals surface area contributed by atoms with E-state index >= 15 is 14.4 Å². The van der Waals surface area contributed by atoms with Crippen molar-refractivity contribution < 1.29 is 128 Å². The van der Waals surface area contributed by atoms with Gasteiger partial charge >= 0.3 is 5.97 Å². The number of nitrogens with one attached hydrogen (secondary N) is 8. The highest BCUT2D eigenvalue weighted by molar-refractivity contribution is 7.13. The molecule has 0 aliphatic carbocycles. The number of primary amides is 1. The summed E-state index contributed by atoms with van der Waals surface area (Å²) in [7, 11) is 1.46. The second kappa shape index (κ2) is 35.6. The van der Waals surface area contributed by atoms with E-state index in [1.807, 2.05) is 23.6 Å². The molecular formula is C76H80Cl3N9O26S. The number of aromatic hydroxyl groups is 3. The minimum atomic E-state index is -2.39. The van der Waals surface area contributed by atoms with Gasteiger partial charge in [-0.25, -0.2) is 4.79 Å². The fraction of sp³-hybridized carbons (Fsp3) is 0.368. The summed E-state index contributed by atoms with van der Waals surface area (Å²) in [4.78, 5) is 118. The van der Waals surface area contributed by atoms with Crippen LogP contribution in [0.4, 0.5) is 0 Å². The number of benzene rings is 6. The molecule has 0 saturated carbocycles. The third-order valence-electron chi connectivity index (χ3n) is 19.8. The standard InChI is InChI=1S/C76H80Cl3N9O26S/c1-28(2)14-41(81-3)68(101)87-57-59(94)32-7-12-45(39(78)17-32)109-47-19-34-20-48(66(47)113-76-65(100)63(98)67(50(26-89)112-76)114-75-64(99)62(97)61(96)49(111-75)25-82-24-29-15-51(115-27-29)30-4-9-35(77)10-5-30)110-46-13-8-33(18-40(46)79)60(95)58-73(106)86-56(74(107)108)38-21-36(90)22-44(92)53(38)37-16-31(6-11-43(37)91)54(70(103)88-58)85-71(104)55(34)84-69(102)42(23-52(80)93)83-72(57)105/h4-13,15-22,27-28,41-42,49-50,54-65,67,75-76,81-82,89-92,94-100H,14,23-26H2,1-3H3,(H2,80,93)(H,83,105)(H,84,102)(H,85,104)(H,86,106)(H,87,101)(H,88,103)(H,107,108)/t41-,42?,49-,50-,54-,55?,56?,57?,58+,59?,60-,61+,62?,63-,64?,65?,67?,75+,76+/m1/s1. The van der Waals surface area contributed by atoms with Crippen LogP contribution in [0.25, 0.3) is 21.6 Å². The van der Waals surface area contributed by atoms with E-state index in [2.05, 4.69) is 42.5 Å². The zero-order chi connectivity index (χ0) is 82.9. The van der Waals surface area contributed by atoms with Crippen molar-refractivity contribution in [3.8, 4) is 67.6 Å². The lowest BCUT2D eigenvalue weighted by atomic mass is 9.89. The summed E-state index contributed by atoms with van der Waals surface area (Å²) < 4.78 is 37.9. The van der Waals surface area contributed by atoms with Crippen LogP contribution in [-0.4, -0.2) is 214 Å². The van der Waals surface area contributed by atoms with Gasteiger partial charge in [0.2, 0.25) is 53.4 Å². The number of phenols is 3. The van der Waals surface area contributed by atoms with Gasteiger partial charge in [0.1, 0.15) is 120 Å². The smallest absolute Gasteiger partial charge is 0.330 e. The third-order valence-corrected chi connectivity index (χ3v) is 21.7. The highest BCUT2D eigenvalue weighted by Crippen LogP contribution is 2.50. The summed E-state index contributed by atoms with van der Waals surface area (Å²) in [5, 5.41) is 161. The van der Waals surface area contributed by atoms with Gasteiger partial charge in [0.15, 0.2) is 23.8 Å². The summed E-state index contributed by atoms with van der Waals surface area (Å²) >= 11 is 21.7. The van der Waals surface area contributed by atoms with Crippen LogP contribution in [0.2, 0.25) is 15.1 Å². The topological polar surface area (TPSA) is 557 Å². The Morgan fingerprint density at radius 3 is 1.87 bits per heavy atom. The van der Waals surface area contributed by atoms with Crippen molar-refractivity contribution >= 4 is 93.5 Å². The molecule has 22 N–H and O–H groups in total. The van der Waals surface area contributed by atoms with Gasteiger partial charge in [-0.15, -0.1) is 11.3 Å². The summed E-state index contributed by atoms with van der Waals surface area (Å²) in [6.07, 6.45) is -24.7. The van der Waals surface area contributed by atoms with Crippen LogP contribution in [0.5, 0.6) is 46.0 Å². The van der Waals surface area contributed by atoms with E-state index in [-0.39, 0.29) is 42.1 Å². The molecule has 0 spiro atoms. The normalized spacial score (nSPS) is 27.3. The number of hydrogen-bond acceptors (Lipinski definition) is 28.